The minimum Gasteiger partial charge on any atom is -0.506 e. The Hall–Kier alpha value is -2.40. The summed E-state index contributed by atoms with van der Waals surface area (Å²) in [4.78, 5) is 25.7. The van der Waals surface area contributed by atoms with Gasteiger partial charge in [0.15, 0.2) is 5.78 Å². The number of carbonyl (C=O) groups excluding carboxylic acids is 1. The van der Waals surface area contributed by atoms with E-state index in [2.05, 4.69) is 0 Å². The van der Waals surface area contributed by atoms with E-state index in [-0.39, 0.29) is 46.9 Å². The standard InChI is InChI=1S/C22H24O5/c23-12-15-8-4-5-9-16(24)18-20(25)19(22(26)27-21(15)18)17(14-10-11-14)13-6-2-1-3-7-13/h1-3,6-7,14-15,17,23,25H,4-5,8-12H2. The first-order valence-corrected chi connectivity index (χ1v) is 9.70. The van der Waals surface area contributed by atoms with Gasteiger partial charge in [0, 0.05) is 18.3 Å². The maximum Gasteiger partial charge on any atom is 0.343 e. The summed E-state index contributed by atoms with van der Waals surface area (Å²) in [5, 5.41) is 20.8. The van der Waals surface area contributed by atoms with E-state index in [1.54, 1.807) is 0 Å². The minimum absolute atomic E-state index is 0.102. The number of rotatable bonds is 4. The maximum absolute atomic E-state index is 12.9. The summed E-state index contributed by atoms with van der Waals surface area (Å²) < 4.78 is 5.61. The number of aliphatic hydroxyl groups excluding tert-OH is 1. The summed E-state index contributed by atoms with van der Waals surface area (Å²) in [6, 6.07) is 9.60. The van der Waals surface area contributed by atoms with E-state index in [1.807, 2.05) is 30.3 Å². The van der Waals surface area contributed by atoms with Crippen molar-refractivity contribution in [3.8, 4) is 5.75 Å². The number of carbonyl (C=O) groups is 1. The average molecular weight is 368 g/mol. The molecule has 2 N–H and O–H groups in total. The van der Waals surface area contributed by atoms with Crippen LogP contribution in [0, 0.1) is 5.92 Å². The van der Waals surface area contributed by atoms with Crippen LogP contribution in [0.5, 0.6) is 5.75 Å². The van der Waals surface area contributed by atoms with Gasteiger partial charge in [0.25, 0.3) is 0 Å². The van der Waals surface area contributed by atoms with Crippen molar-refractivity contribution in [2.45, 2.75) is 50.4 Å². The van der Waals surface area contributed by atoms with Crippen LogP contribution in [0.2, 0.25) is 0 Å². The van der Waals surface area contributed by atoms with Gasteiger partial charge in [0.05, 0.1) is 17.7 Å². The molecule has 2 aliphatic rings. The van der Waals surface area contributed by atoms with E-state index in [4.69, 9.17) is 4.42 Å². The fourth-order valence-corrected chi connectivity index (χ4v) is 4.26. The molecule has 2 aliphatic carbocycles. The van der Waals surface area contributed by atoms with Crippen LogP contribution in [0.1, 0.15) is 77.6 Å². The lowest BCUT2D eigenvalue weighted by Gasteiger charge is -2.23. The van der Waals surface area contributed by atoms with Crippen LogP contribution in [0.3, 0.4) is 0 Å². The van der Waals surface area contributed by atoms with Crippen molar-refractivity contribution in [3.05, 3.63) is 63.2 Å². The largest absolute Gasteiger partial charge is 0.506 e. The monoisotopic (exact) mass is 368 g/mol. The van der Waals surface area contributed by atoms with Crippen LogP contribution < -0.4 is 5.63 Å². The molecule has 1 aromatic carbocycles. The van der Waals surface area contributed by atoms with Crippen molar-refractivity contribution in [1.82, 2.24) is 0 Å². The molecule has 0 bridgehead atoms. The summed E-state index contributed by atoms with van der Waals surface area (Å²) >= 11 is 0. The molecule has 0 saturated heterocycles. The first-order valence-electron chi connectivity index (χ1n) is 9.70. The lowest BCUT2D eigenvalue weighted by atomic mass is 9.83. The number of ketones is 1. The number of aromatic hydroxyl groups is 1. The topological polar surface area (TPSA) is 87.7 Å². The minimum atomic E-state index is -0.598. The molecule has 0 radical (unpaired) electrons. The van der Waals surface area contributed by atoms with Gasteiger partial charge in [-0.3, -0.25) is 4.79 Å². The number of hydrogen-bond donors (Lipinski definition) is 2. The van der Waals surface area contributed by atoms with Crippen LogP contribution in [-0.4, -0.2) is 22.6 Å². The third-order valence-corrected chi connectivity index (χ3v) is 5.80. The molecule has 4 rings (SSSR count). The normalized spacial score (nSPS) is 21.2. The molecule has 1 aromatic heterocycles. The van der Waals surface area contributed by atoms with Gasteiger partial charge in [0.1, 0.15) is 11.5 Å². The molecule has 0 aliphatic heterocycles. The summed E-state index contributed by atoms with van der Waals surface area (Å²) in [7, 11) is 0. The highest BCUT2D eigenvalue weighted by atomic mass is 16.4. The molecule has 1 fully saturated rings. The quantitative estimate of drug-likeness (QED) is 0.859. The lowest BCUT2D eigenvalue weighted by Crippen LogP contribution is -2.23. The Morgan fingerprint density at radius 2 is 1.81 bits per heavy atom. The van der Waals surface area contributed by atoms with Gasteiger partial charge in [-0.25, -0.2) is 4.79 Å². The summed E-state index contributed by atoms with van der Waals surface area (Å²) in [6.45, 7) is -0.216. The second-order valence-electron chi connectivity index (χ2n) is 7.67. The number of fused-ring (bicyclic) bond motifs is 1. The molecule has 5 heteroatoms. The maximum atomic E-state index is 12.9. The Morgan fingerprint density at radius 3 is 2.48 bits per heavy atom. The molecule has 0 amide bonds. The van der Waals surface area contributed by atoms with Crippen molar-refractivity contribution in [3.63, 3.8) is 0 Å². The van der Waals surface area contributed by atoms with Crippen LogP contribution >= 0.6 is 0 Å². The van der Waals surface area contributed by atoms with Gasteiger partial charge in [-0.05, 0) is 37.2 Å². The van der Waals surface area contributed by atoms with Crippen LogP contribution in [-0.2, 0) is 0 Å². The van der Waals surface area contributed by atoms with E-state index in [1.165, 1.54) is 0 Å². The van der Waals surface area contributed by atoms with E-state index < -0.39 is 11.5 Å². The number of Topliss-reactive ketones (excluding diaryl/α,β-unsaturated/α-hetero) is 1. The van der Waals surface area contributed by atoms with Crippen molar-refractivity contribution >= 4 is 5.78 Å². The van der Waals surface area contributed by atoms with E-state index in [9.17, 15) is 19.8 Å². The molecular formula is C22H24O5. The SMILES string of the molecule is O=C1CCCCC(CO)c2oc(=O)c(C(c3ccccc3)C3CC3)c(O)c21. The number of aliphatic hydroxyl groups is 1. The predicted molar refractivity (Wildman–Crippen MR) is 100 cm³/mol. The zero-order chi connectivity index (χ0) is 19.0. The predicted octanol–water partition coefficient (Wildman–Crippen LogP) is 3.72. The lowest BCUT2D eigenvalue weighted by molar-refractivity contribution is 0.0963. The molecule has 5 nitrogen and oxygen atoms in total. The van der Waals surface area contributed by atoms with E-state index in [0.29, 0.717) is 19.3 Å². The first-order chi connectivity index (χ1) is 13.1. The Balaban J connectivity index is 1.92. The first kappa shape index (κ1) is 18.0. The van der Waals surface area contributed by atoms with Gasteiger partial charge < -0.3 is 14.6 Å². The Labute approximate surface area is 157 Å². The molecule has 1 heterocycles. The van der Waals surface area contributed by atoms with Crippen molar-refractivity contribution < 1.29 is 19.4 Å². The second-order valence-corrected chi connectivity index (χ2v) is 7.67. The van der Waals surface area contributed by atoms with Gasteiger partial charge in [-0.2, -0.15) is 0 Å². The van der Waals surface area contributed by atoms with Crippen molar-refractivity contribution in [2.75, 3.05) is 6.61 Å². The van der Waals surface area contributed by atoms with Crippen LogP contribution in [0.15, 0.2) is 39.5 Å². The summed E-state index contributed by atoms with van der Waals surface area (Å²) in [5.74, 6) is -0.764. The van der Waals surface area contributed by atoms with Gasteiger partial charge in [0.2, 0.25) is 0 Å². The molecule has 27 heavy (non-hydrogen) atoms. The van der Waals surface area contributed by atoms with E-state index >= 15 is 0 Å². The molecular weight excluding hydrogens is 344 g/mol. The van der Waals surface area contributed by atoms with E-state index in [0.717, 1.165) is 24.8 Å². The van der Waals surface area contributed by atoms with Gasteiger partial charge in [-0.15, -0.1) is 0 Å². The van der Waals surface area contributed by atoms with Crippen molar-refractivity contribution in [2.24, 2.45) is 5.92 Å². The Morgan fingerprint density at radius 1 is 1.07 bits per heavy atom. The average Bonchev–Trinajstić information content (AvgIpc) is 3.49. The van der Waals surface area contributed by atoms with Crippen LogP contribution in [0.4, 0.5) is 0 Å². The molecule has 2 atom stereocenters. The molecule has 142 valence electrons. The number of benzene rings is 1. The molecule has 0 spiro atoms. The zero-order valence-corrected chi connectivity index (χ0v) is 15.2. The smallest absolute Gasteiger partial charge is 0.343 e. The van der Waals surface area contributed by atoms with Gasteiger partial charge in [-0.1, -0.05) is 36.8 Å². The Kier molecular flexibility index (Phi) is 4.87. The highest BCUT2D eigenvalue weighted by Gasteiger charge is 2.40. The Bertz CT molecular complexity index is 895. The summed E-state index contributed by atoms with van der Waals surface area (Å²) in [5.41, 5.74) is 0.636. The fourth-order valence-electron chi connectivity index (χ4n) is 4.26. The van der Waals surface area contributed by atoms with Crippen LogP contribution in [0.25, 0.3) is 0 Å². The summed E-state index contributed by atoms with van der Waals surface area (Å²) in [6.07, 6.45) is 4.37. The molecule has 2 unspecified atom stereocenters. The molecule has 1 saturated carbocycles. The van der Waals surface area contributed by atoms with Gasteiger partial charge >= 0.3 is 5.63 Å². The highest BCUT2D eigenvalue weighted by Crippen LogP contribution is 2.49. The van der Waals surface area contributed by atoms with Crippen molar-refractivity contribution in [1.29, 1.82) is 0 Å². The highest BCUT2D eigenvalue weighted by molar-refractivity contribution is 6.00. The molecule has 2 aromatic rings. The third kappa shape index (κ3) is 3.32. The fraction of sp³-hybridized carbons (Fsp3) is 0.455. The zero-order valence-electron chi connectivity index (χ0n) is 15.2. The second kappa shape index (κ2) is 7.31. The third-order valence-electron chi connectivity index (χ3n) is 5.80. The number of hydrogen-bond acceptors (Lipinski definition) is 5.